The molecule has 2 heteroatoms. The summed E-state index contributed by atoms with van der Waals surface area (Å²) in [6, 6.07) is 0.816. The lowest BCUT2D eigenvalue weighted by molar-refractivity contribution is -0.117. The summed E-state index contributed by atoms with van der Waals surface area (Å²) in [5.74, 6) is 0.334. The number of unbranched alkanes of at least 4 members (excludes halogenated alkanes) is 1. The van der Waals surface area contributed by atoms with Crippen LogP contribution in [0.25, 0.3) is 0 Å². The van der Waals surface area contributed by atoms with Crippen LogP contribution in [0.5, 0.6) is 0 Å². The summed E-state index contributed by atoms with van der Waals surface area (Å²) in [5.41, 5.74) is 0. The molecule has 1 unspecified atom stereocenters. The molecule has 1 rings (SSSR count). The van der Waals surface area contributed by atoms with Gasteiger partial charge in [0.15, 0.2) is 0 Å². The molecule has 88 valence electrons. The second-order valence-electron chi connectivity index (χ2n) is 4.75. The lowest BCUT2D eigenvalue weighted by atomic mass is 9.99. The van der Waals surface area contributed by atoms with Crippen LogP contribution in [0.2, 0.25) is 0 Å². The Morgan fingerprint density at radius 3 is 2.80 bits per heavy atom. The van der Waals surface area contributed by atoms with Crippen molar-refractivity contribution in [3.8, 4) is 0 Å². The lowest BCUT2D eigenvalue weighted by Crippen LogP contribution is -2.39. The number of hydrogen-bond acceptors (Lipinski definition) is 2. The molecule has 15 heavy (non-hydrogen) atoms. The number of hydrogen-bond donors (Lipinski definition) is 0. The topological polar surface area (TPSA) is 20.3 Å². The van der Waals surface area contributed by atoms with E-state index in [2.05, 4.69) is 11.8 Å². The quantitative estimate of drug-likeness (QED) is 0.629. The summed E-state index contributed by atoms with van der Waals surface area (Å²) in [6.07, 6.45) is 8.46. The van der Waals surface area contributed by atoms with Gasteiger partial charge >= 0.3 is 0 Å². The smallest absolute Gasteiger partial charge is 0.129 e. The molecule has 0 aliphatic carbocycles. The average Bonchev–Trinajstić information content (AvgIpc) is 2.24. The molecule has 0 N–H and O–H groups in total. The summed E-state index contributed by atoms with van der Waals surface area (Å²) in [6.45, 7) is 6.46. The van der Waals surface area contributed by atoms with Crippen molar-refractivity contribution in [1.82, 2.24) is 4.90 Å². The Morgan fingerprint density at radius 2 is 2.13 bits per heavy atom. The standard InChI is InChI=1S/C13H25NO/c1-3-13-9-5-7-11-14(13)10-6-4-8-12(2)15/h13H,3-11H2,1-2H3. The molecule has 1 aliphatic heterocycles. The summed E-state index contributed by atoms with van der Waals surface area (Å²) in [5, 5.41) is 0. The Kier molecular flexibility index (Phi) is 5.92. The van der Waals surface area contributed by atoms with Gasteiger partial charge in [-0.2, -0.15) is 0 Å². The highest BCUT2D eigenvalue weighted by Gasteiger charge is 2.19. The van der Waals surface area contributed by atoms with Crippen molar-refractivity contribution in [2.45, 2.75) is 64.8 Å². The fraction of sp³-hybridized carbons (Fsp3) is 0.923. The van der Waals surface area contributed by atoms with Gasteiger partial charge in [-0.3, -0.25) is 0 Å². The lowest BCUT2D eigenvalue weighted by Gasteiger charge is -2.35. The van der Waals surface area contributed by atoms with Gasteiger partial charge in [0.2, 0.25) is 0 Å². The van der Waals surface area contributed by atoms with Gasteiger partial charge in [-0.05, 0) is 52.1 Å². The number of ketones is 1. The maximum Gasteiger partial charge on any atom is 0.129 e. The first-order valence-electron chi connectivity index (χ1n) is 6.47. The highest BCUT2D eigenvalue weighted by atomic mass is 16.1. The average molecular weight is 211 g/mol. The molecule has 0 aromatic rings. The third-order valence-corrected chi connectivity index (χ3v) is 3.44. The molecule has 1 saturated heterocycles. The molecule has 2 nitrogen and oxygen atoms in total. The molecule has 0 aromatic heterocycles. The second-order valence-corrected chi connectivity index (χ2v) is 4.75. The molecular weight excluding hydrogens is 186 g/mol. The van der Waals surface area contributed by atoms with Crippen LogP contribution in [-0.2, 0) is 4.79 Å². The minimum Gasteiger partial charge on any atom is -0.300 e. The summed E-state index contributed by atoms with van der Waals surface area (Å²) < 4.78 is 0. The predicted molar refractivity (Wildman–Crippen MR) is 64.0 cm³/mol. The van der Waals surface area contributed by atoms with Crippen LogP contribution in [0.15, 0.2) is 0 Å². The van der Waals surface area contributed by atoms with Crippen molar-refractivity contribution in [1.29, 1.82) is 0 Å². The van der Waals surface area contributed by atoms with E-state index in [1.165, 1.54) is 45.2 Å². The zero-order valence-electron chi connectivity index (χ0n) is 10.3. The molecule has 1 aliphatic rings. The van der Waals surface area contributed by atoms with E-state index in [9.17, 15) is 4.79 Å². The van der Waals surface area contributed by atoms with Crippen molar-refractivity contribution >= 4 is 5.78 Å². The van der Waals surface area contributed by atoms with Crippen molar-refractivity contribution in [2.24, 2.45) is 0 Å². The summed E-state index contributed by atoms with van der Waals surface area (Å²) >= 11 is 0. The van der Waals surface area contributed by atoms with Crippen molar-refractivity contribution < 1.29 is 4.79 Å². The first-order chi connectivity index (χ1) is 7.24. The maximum absolute atomic E-state index is 10.8. The molecule has 1 heterocycles. The van der Waals surface area contributed by atoms with Gasteiger partial charge < -0.3 is 9.69 Å². The molecule has 0 radical (unpaired) electrons. The van der Waals surface area contributed by atoms with E-state index >= 15 is 0 Å². The first kappa shape index (κ1) is 12.7. The van der Waals surface area contributed by atoms with E-state index in [1.807, 2.05) is 0 Å². The van der Waals surface area contributed by atoms with E-state index in [0.717, 1.165) is 18.9 Å². The summed E-state index contributed by atoms with van der Waals surface area (Å²) in [7, 11) is 0. The number of carbonyl (C=O) groups is 1. The Labute approximate surface area is 94.0 Å². The molecule has 0 amide bonds. The van der Waals surface area contributed by atoms with Gasteiger partial charge in [0.1, 0.15) is 5.78 Å². The molecule has 0 bridgehead atoms. The molecule has 1 atom stereocenters. The van der Waals surface area contributed by atoms with Crippen LogP contribution in [0, 0.1) is 0 Å². The van der Waals surface area contributed by atoms with Gasteiger partial charge in [0.25, 0.3) is 0 Å². The number of carbonyl (C=O) groups excluding carboxylic acids is 1. The highest BCUT2D eigenvalue weighted by Crippen LogP contribution is 2.19. The van der Waals surface area contributed by atoms with E-state index in [0.29, 0.717) is 5.78 Å². The van der Waals surface area contributed by atoms with Gasteiger partial charge in [0, 0.05) is 12.5 Å². The highest BCUT2D eigenvalue weighted by molar-refractivity contribution is 5.75. The fourth-order valence-corrected chi connectivity index (χ4v) is 2.51. The predicted octanol–water partition coefficient (Wildman–Crippen LogP) is 3.01. The minimum atomic E-state index is 0.334. The number of likely N-dealkylation sites (tertiary alicyclic amines) is 1. The Hall–Kier alpha value is -0.370. The zero-order valence-corrected chi connectivity index (χ0v) is 10.3. The minimum absolute atomic E-state index is 0.334. The van der Waals surface area contributed by atoms with Gasteiger partial charge in [-0.1, -0.05) is 13.3 Å². The molecule has 1 fully saturated rings. The van der Waals surface area contributed by atoms with E-state index < -0.39 is 0 Å². The normalized spacial score (nSPS) is 22.9. The van der Waals surface area contributed by atoms with Crippen LogP contribution in [0.4, 0.5) is 0 Å². The Morgan fingerprint density at radius 1 is 1.33 bits per heavy atom. The number of nitrogens with zero attached hydrogens (tertiary/aromatic N) is 1. The number of Topliss-reactive ketones (excluding diaryl/α,β-unsaturated/α-hetero) is 1. The monoisotopic (exact) mass is 211 g/mol. The molecule has 0 spiro atoms. The Balaban J connectivity index is 2.15. The van der Waals surface area contributed by atoms with E-state index in [1.54, 1.807) is 6.92 Å². The third kappa shape index (κ3) is 4.78. The van der Waals surface area contributed by atoms with Gasteiger partial charge in [0.05, 0.1) is 0 Å². The van der Waals surface area contributed by atoms with Crippen molar-refractivity contribution in [3.63, 3.8) is 0 Å². The second kappa shape index (κ2) is 7.00. The maximum atomic E-state index is 10.8. The number of piperidine rings is 1. The van der Waals surface area contributed by atoms with Crippen LogP contribution < -0.4 is 0 Å². The van der Waals surface area contributed by atoms with Crippen LogP contribution in [-0.4, -0.2) is 29.8 Å². The zero-order chi connectivity index (χ0) is 11.1. The van der Waals surface area contributed by atoms with E-state index in [4.69, 9.17) is 0 Å². The van der Waals surface area contributed by atoms with Gasteiger partial charge in [-0.25, -0.2) is 0 Å². The molecule has 0 aromatic carbocycles. The number of rotatable bonds is 6. The van der Waals surface area contributed by atoms with Crippen LogP contribution >= 0.6 is 0 Å². The van der Waals surface area contributed by atoms with E-state index in [-0.39, 0.29) is 0 Å². The van der Waals surface area contributed by atoms with Crippen molar-refractivity contribution in [2.75, 3.05) is 13.1 Å². The van der Waals surface area contributed by atoms with Crippen LogP contribution in [0.1, 0.15) is 58.8 Å². The van der Waals surface area contributed by atoms with Crippen molar-refractivity contribution in [3.05, 3.63) is 0 Å². The molecule has 0 saturated carbocycles. The largest absolute Gasteiger partial charge is 0.300 e. The van der Waals surface area contributed by atoms with Crippen LogP contribution in [0.3, 0.4) is 0 Å². The summed E-state index contributed by atoms with van der Waals surface area (Å²) in [4.78, 5) is 13.4. The Bertz CT molecular complexity index is 191. The van der Waals surface area contributed by atoms with Gasteiger partial charge in [-0.15, -0.1) is 0 Å². The SMILES string of the molecule is CCC1CCCCN1CCCCC(C)=O. The first-order valence-corrected chi connectivity index (χ1v) is 6.47. The third-order valence-electron chi connectivity index (χ3n) is 3.44. The molecular formula is C13H25NO. The fourth-order valence-electron chi connectivity index (χ4n) is 2.51.